The number of carbonyl (C=O) groups excluding carboxylic acids is 3. The number of aliphatic carboxylic acids is 1. The Morgan fingerprint density at radius 1 is 0.975 bits per heavy atom. The van der Waals surface area contributed by atoms with E-state index in [0.717, 1.165) is 0 Å². The third-order valence-electron chi connectivity index (χ3n) is 5.72. The fraction of sp³-hybridized carbons (Fsp3) is 0.417. The lowest BCUT2D eigenvalue weighted by Crippen LogP contribution is -2.58. The predicted molar refractivity (Wildman–Crippen MR) is 149 cm³/mol. The van der Waals surface area contributed by atoms with Crippen LogP contribution in [-0.2, 0) is 32.0 Å². The molecule has 4 unspecified atom stereocenters. The van der Waals surface area contributed by atoms with Crippen molar-refractivity contribution in [2.45, 2.75) is 49.9 Å². The number of amides is 3. The molecule has 0 bridgehead atoms. The van der Waals surface area contributed by atoms with Gasteiger partial charge in [-0.1, -0.05) is 12.1 Å². The van der Waals surface area contributed by atoms with Crippen molar-refractivity contribution in [1.29, 1.82) is 0 Å². The summed E-state index contributed by atoms with van der Waals surface area (Å²) in [6.45, 7) is 0.182. The van der Waals surface area contributed by atoms with Gasteiger partial charge in [0.05, 0.1) is 12.4 Å². The molecule has 1 aromatic heterocycles. The van der Waals surface area contributed by atoms with Crippen LogP contribution in [0.3, 0.4) is 0 Å². The number of hydrogen-bond donors (Lipinski definition) is 10. The molecule has 0 saturated heterocycles. The van der Waals surface area contributed by atoms with Crippen LogP contribution in [0.1, 0.15) is 24.1 Å². The normalized spacial score (nSPS) is 13.8. The summed E-state index contributed by atoms with van der Waals surface area (Å²) in [7, 11) is 0. The van der Waals surface area contributed by atoms with Gasteiger partial charge in [-0.2, -0.15) is 12.6 Å². The number of aromatic amines is 1. The highest BCUT2D eigenvalue weighted by atomic mass is 32.1. The lowest BCUT2D eigenvalue weighted by molar-refractivity contribution is -0.141. The lowest BCUT2D eigenvalue weighted by atomic mass is 10.0. The Bertz CT molecular complexity index is 1160. The van der Waals surface area contributed by atoms with Gasteiger partial charge in [-0.25, -0.2) is 9.78 Å². The molecule has 0 saturated carbocycles. The number of carbonyl (C=O) groups is 4. The van der Waals surface area contributed by atoms with Crippen molar-refractivity contribution in [2.75, 3.05) is 12.3 Å². The van der Waals surface area contributed by atoms with Gasteiger partial charge in [0, 0.05) is 30.6 Å². The summed E-state index contributed by atoms with van der Waals surface area (Å²) in [5.41, 5.74) is 18.0. The summed E-state index contributed by atoms with van der Waals surface area (Å²) in [6, 6.07) is 1.53. The highest BCUT2D eigenvalue weighted by Crippen LogP contribution is 2.11. The van der Waals surface area contributed by atoms with E-state index in [9.17, 15) is 29.4 Å². The largest absolute Gasteiger partial charge is 0.508 e. The van der Waals surface area contributed by atoms with Gasteiger partial charge in [0.25, 0.3) is 0 Å². The Morgan fingerprint density at radius 3 is 2.17 bits per heavy atom. The second-order valence-corrected chi connectivity index (χ2v) is 9.28. The number of phenolic OH excluding ortho intramolecular Hbond substituents is 1. The van der Waals surface area contributed by atoms with Crippen LogP contribution in [-0.4, -0.2) is 86.3 Å². The zero-order chi connectivity index (χ0) is 29.7. The Morgan fingerprint density at radius 2 is 1.60 bits per heavy atom. The van der Waals surface area contributed by atoms with Crippen molar-refractivity contribution < 1.29 is 29.4 Å². The minimum absolute atomic E-state index is 0.0362. The van der Waals surface area contributed by atoms with E-state index in [1.54, 1.807) is 12.1 Å². The van der Waals surface area contributed by atoms with Crippen LogP contribution in [0.15, 0.2) is 41.8 Å². The molecule has 0 spiro atoms. The molecular formula is C24H35N9O6S. The molecule has 0 aliphatic rings. The van der Waals surface area contributed by atoms with E-state index < -0.39 is 47.9 Å². The van der Waals surface area contributed by atoms with E-state index in [1.165, 1.54) is 24.7 Å². The average Bonchev–Trinajstić information content (AvgIpc) is 3.42. The molecule has 0 aliphatic carbocycles. The topological polar surface area (TPSA) is 264 Å². The first-order valence-electron chi connectivity index (χ1n) is 12.3. The van der Waals surface area contributed by atoms with E-state index in [1.807, 2.05) is 0 Å². The summed E-state index contributed by atoms with van der Waals surface area (Å²) in [6.07, 6.45) is 3.36. The van der Waals surface area contributed by atoms with Crippen molar-refractivity contribution in [3.05, 3.63) is 48.0 Å². The number of nitrogens with zero attached hydrogens (tertiary/aromatic N) is 2. The molecule has 2 aromatic rings. The van der Waals surface area contributed by atoms with E-state index in [4.69, 9.17) is 17.2 Å². The van der Waals surface area contributed by atoms with Crippen molar-refractivity contribution in [2.24, 2.45) is 22.2 Å². The van der Waals surface area contributed by atoms with Gasteiger partial charge in [0.2, 0.25) is 17.7 Å². The summed E-state index contributed by atoms with van der Waals surface area (Å²) >= 11 is 3.95. The third-order valence-corrected chi connectivity index (χ3v) is 6.08. The first-order chi connectivity index (χ1) is 19.0. The number of phenols is 1. The number of hydrogen-bond acceptors (Lipinski definition) is 9. The molecule has 3 amide bonds. The van der Waals surface area contributed by atoms with Crippen LogP contribution >= 0.6 is 12.6 Å². The molecule has 15 nitrogen and oxygen atoms in total. The number of guanidine groups is 1. The first-order valence-corrected chi connectivity index (χ1v) is 12.9. The maximum absolute atomic E-state index is 13.3. The molecule has 2 rings (SSSR count). The Balaban J connectivity index is 2.18. The Kier molecular flexibility index (Phi) is 12.7. The average molecular weight is 578 g/mol. The number of thiol groups is 1. The lowest BCUT2D eigenvalue weighted by Gasteiger charge is -2.25. The third kappa shape index (κ3) is 10.8. The monoisotopic (exact) mass is 577 g/mol. The van der Waals surface area contributed by atoms with Crippen LogP contribution in [0.4, 0.5) is 0 Å². The number of aliphatic imine (C=N–C) groups is 1. The van der Waals surface area contributed by atoms with Gasteiger partial charge < -0.3 is 48.3 Å². The number of benzene rings is 1. The molecule has 40 heavy (non-hydrogen) atoms. The van der Waals surface area contributed by atoms with Crippen LogP contribution in [0.25, 0.3) is 0 Å². The van der Waals surface area contributed by atoms with Crippen LogP contribution < -0.4 is 33.2 Å². The standard InChI is InChI=1S/C24H35N9O6S/c25-16(8-13-3-5-15(34)6-4-13)20(35)31-17(2-1-7-29-24(26)27)21(36)32-18(9-14-10-28-12-30-14)22(37)33-19(11-40)23(38)39/h3-6,10,12,16-19,34,40H,1-2,7-9,11,25H2,(H,28,30)(H,31,35)(H,32,36)(H,33,37)(H,38,39)(H4,26,27,29). The number of carboxylic acid groups (broad SMARTS) is 1. The number of rotatable bonds is 16. The zero-order valence-electron chi connectivity index (χ0n) is 21.6. The number of carboxylic acids is 1. The summed E-state index contributed by atoms with van der Waals surface area (Å²) in [4.78, 5) is 61.2. The van der Waals surface area contributed by atoms with Crippen molar-refractivity contribution >= 4 is 42.3 Å². The molecule has 0 fully saturated rings. The molecule has 1 heterocycles. The van der Waals surface area contributed by atoms with Gasteiger partial charge in [-0.15, -0.1) is 0 Å². The Labute approximate surface area is 235 Å². The molecule has 12 N–H and O–H groups in total. The highest BCUT2D eigenvalue weighted by Gasteiger charge is 2.30. The number of imidazole rings is 1. The minimum Gasteiger partial charge on any atom is -0.508 e. The van der Waals surface area contributed by atoms with Crippen LogP contribution in [0.5, 0.6) is 5.75 Å². The number of H-pyrrole nitrogens is 1. The van der Waals surface area contributed by atoms with Crippen LogP contribution in [0.2, 0.25) is 0 Å². The summed E-state index contributed by atoms with van der Waals surface area (Å²) in [5, 5.41) is 26.3. The molecule has 4 atom stereocenters. The maximum atomic E-state index is 13.3. The number of nitrogens with two attached hydrogens (primary N) is 3. The van der Waals surface area contributed by atoms with E-state index in [2.05, 4.69) is 43.5 Å². The summed E-state index contributed by atoms with van der Waals surface area (Å²) < 4.78 is 0. The smallest absolute Gasteiger partial charge is 0.327 e. The zero-order valence-corrected chi connectivity index (χ0v) is 22.5. The molecule has 1 aromatic carbocycles. The van der Waals surface area contributed by atoms with Crippen molar-refractivity contribution in [1.82, 2.24) is 25.9 Å². The van der Waals surface area contributed by atoms with E-state index in [0.29, 0.717) is 17.7 Å². The first kappa shape index (κ1) is 31.9. The quantitative estimate of drug-likeness (QED) is 0.0443. The molecule has 218 valence electrons. The Hall–Kier alpha value is -4.31. The van der Waals surface area contributed by atoms with Crippen LogP contribution in [0, 0.1) is 0 Å². The molecule has 16 heteroatoms. The number of aromatic hydroxyl groups is 1. The van der Waals surface area contributed by atoms with Gasteiger partial charge >= 0.3 is 5.97 Å². The number of aromatic nitrogens is 2. The molecule has 0 radical (unpaired) electrons. The second-order valence-electron chi connectivity index (χ2n) is 8.91. The van der Waals surface area contributed by atoms with Gasteiger partial charge in [-0.05, 0) is 37.0 Å². The SMILES string of the molecule is NC(N)=NCCCC(NC(=O)C(N)Cc1ccc(O)cc1)C(=O)NC(Cc1cnc[nH]1)C(=O)NC(CS)C(=O)O. The van der Waals surface area contributed by atoms with Crippen molar-refractivity contribution in [3.8, 4) is 5.75 Å². The predicted octanol–water partition coefficient (Wildman–Crippen LogP) is -2.25. The summed E-state index contributed by atoms with van der Waals surface area (Å²) in [5.74, 6) is -3.61. The fourth-order valence-electron chi connectivity index (χ4n) is 3.59. The van der Waals surface area contributed by atoms with Gasteiger partial charge in [0.1, 0.15) is 23.9 Å². The molecule has 0 aliphatic heterocycles. The van der Waals surface area contributed by atoms with E-state index in [-0.39, 0.29) is 43.3 Å². The molecular weight excluding hydrogens is 542 g/mol. The van der Waals surface area contributed by atoms with Gasteiger partial charge in [-0.3, -0.25) is 19.4 Å². The van der Waals surface area contributed by atoms with Crippen molar-refractivity contribution in [3.63, 3.8) is 0 Å². The highest BCUT2D eigenvalue weighted by molar-refractivity contribution is 7.80. The fourth-order valence-corrected chi connectivity index (χ4v) is 3.83. The van der Waals surface area contributed by atoms with Gasteiger partial charge in [0.15, 0.2) is 5.96 Å². The maximum Gasteiger partial charge on any atom is 0.327 e. The number of nitrogens with one attached hydrogen (secondary N) is 4. The van der Waals surface area contributed by atoms with E-state index >= 15 is 0 Å². The minimum atomic E-state index is -1.29. The second kappa shape index (κ2) is 15.9.